The summed E-state index contributed by atoms with van der Waals surface area (Å²) in [5, 5.41) is 19.7. The van der Waals surface area contributed by atoms with E-state index in [1.165, 1.54) is 25.7 Å². The van der Waals surface area contributed by atoms with Crippen LogP contribution in [0.25, 0.3) is 0 Å². The summed E-state index contributed by atoms with van der Waals surface area (Å²) in [6.45, 7) is 4.77. The van der Waals surface area contributed by atoms with Crippen molar-refractivity contribution in [3.63, 3.8) is 0 Å². The van der Waals surface area contributed by atoms with Gasteiger partial charge in [0.1, 0.15) is 0 Å². The van der Waals surface area contributed by atoms with Gasteiger partial charge in [-0.3, -0.25) is 4.79 Å². The molecule has 130 valence electrons. The fourth-order valence-electron chi connectivity index (χ4n) is 7.64. The minimum atomic E-state index is -0.561. The van der Waals surface area contributed by atoms with Crippen molar-refractivity contribution in [2.45, 2.75) is 77.7 Å². The maximum absolute atomic E-state index is 11.7. The van der Waals surface area contributed by atoms with Crippen molar-refractivity contribution in [2.24, 2.45) is 40.4 Å². The van der Waals surface area contributed by atoms with Crippen LogP contribution in [0, 0.1) is 40.4 Å². The summed E-state index contributed by atoms with van der Waals surface area (Å²) in [6.07, 6.45) is 9.90. The number of rotatable bonds is 1. The Balaban J connectivity index is 1.61. The molecule has 0 heterocycles. The van der Waals surface area contributed by atoms with Gasteiger partial charge in [0.05, 0.1) is 12.0 Å². The number of carboxylic acids is 1. The Hall–Kier alpha value is -0.570. The van der Waals surface area contributed by atoms with E-state index >= 15 is 0 Å². The van der Waals surface area contributed by atoms with Crippen LogP contribution >= 0.6 is 0 Å². The molecule has 4 fully saturated rings. The third-order valence-electron chi connectivity index (χ3n) is 8.94. The molecule has 4 aliphatic rings. The van der Waals surface area contributed by atoms with E-state index in [1.54, 1.807) is 0 Å². The standard InChI is InChI=1S/C20H32O3/c1-19-9-7-13(21)11-12(19)3-4-14-15-5-6-17(18(22)23)20(15,2)10-8-16(14)19/h12-17,21H,3-11H2,1-2H3,(H,22,23)/t12-,13+,14-,15+,16-,17+,19-,20-/m0/s1. The van der Waals surface area contributed by atoms with E-state index in [9.17, 15) is 15.0 Å². The molecular formula is C20H32O3. The number of aliphatic hydroxyl groups is 1. The highest BCUT2D eigenvalue weighted by atomic mass is 16.4. The van der Waals surface area contributed by atoms with Crippen molar-refractivity contribution in [1.29, 1.82) is 0 Å². The van der Waals surface area contributed by atoms with E-state index in [0.717, 1.165) is 43.9 Å². The highest BCUT2D eigenvalue weighted by Gasteiger charge is 2.61. The Morgan fingerprint density at radius 2 is 1.61 bits per heavy atom. The first-order valence-corrected chi connectivity index (χ1v) is 9.77. The first-order valence-electron chi connectivity index (χ1n) is 9.77. The molecule has 4 saturated carbocycles. The molecule has 8 atom stereocenters. The molecule has 0 saturated heterocycles. The van der Waals surface area contributed by atoms with Crippen molar-refractivity contribution in [1.82, 2.24) is 0 Å². The Morgan fingerprint density at radius 1 is 0.913 bits per heavy atom. The molecule has 3 heteroatoms. The number of hydrogen-bond acceptors (Lipinski definition) is 2. The maximum atomic E-state index is 11.7. The Bertz CT molecular complexity index is 503. The monoisotopic (exact) mass is 320 g/mol. The lowest BCUT2D eigenvalue weighted by Crippen LogP contribution is -2.54. The number of carboxylic acid groups (broad SMARTS) is 1. The summed E-state index contributed by atoms with van der Waals surface area (Å²) in [6, 6.07) is 0. The van der Waals surface area contributed by atoms with Gasteiger partial charge in [-0.2, -0.15) is 0 Å². The largest absolute Gasteiger partial charge is 0.481 e. The summed E-state index contributed by atoms with van der Waals surface area (Å²) >= 11 is 0. The molecule has 0 spiro atoms. The molecule has 3 nitrogen and oxygen atoms in total. The van der Waals surface area contributed by atoms with Crippen LogP contribution in [0.15, 0.2) is 0 Å². The van der Waals surface area contributed by atoms with Crippen molar-refractivity contribution in [2.75, 3.05) is 0 Å². The molecule has 4 rings (SSSR count). The van der Waals surface area contributed by atoms with Gasteiger partial charge in [0.2, 0.25) is 0 Å². The average Bonchev–Trinajstić information content (AvgIpc) is 2.85. The molecule has 2 N–H and O–H groups in total. The van der Waals surface area contributed by atoms with E-state index in [0.29, 0.717) is 17.3 Å². The Kier molecular flexibility index (Phi) is 3.61. The van der Waals surface area contributed by atoms with Crippen LogP contribution in [-0.2, 0) is 4.79 Å². The average molecular weight is 320 g/mol. The van der Waals surface area contributed by atoms with Crippen LogP contribution in [0.4, 0.5) is 0 Å². The minimum absolute atomic E-state index is 0.0321. The van der Waals surface area contributed by atoms with Crippen molar-refractivity contribution < 1.29 is 15.0 Å². The van der Waals surface area contributed by atoms with Crippen LogP contribution in [-0.4, -0.2) is 22.3 Å². The van der Waals surface area contributed by atoms with Crippen molar-refractivity contribution >= 4 is 5.97 Å². The van der Waals surface area contributed by atoms with Gasteiger partial charge in [-0.15, -0.1) is 0 Å². The molecule has 0 unspecified atom stereocenters. The van der Waals surface area contributed by atoms with Crippen molar-refractivity contribution in [3.05, 3.63) is 0 Å². The van der Waals surface area contributed by atoms with Gasteiger partial charge < -0.3 is 10.2 Å². The SMILES string of the molecule is C[C@]12CC[C@@H](O)C[C@@H]1CC[C@H]1[C@H]3CC[C@H](C(=O)O)[C@@]3(C)CC[C@@H]12. The zero-order valence-electron chi connectivity index (χ0n) is 14.6. The molecule has 0 aromatic rings. The van der Waals surface area contributed by atoms with E-state index in [1.807, 2.05) is 0 Å². The van der Waals surface area contributed by atoms with Gasteiger partial charge >= 0.3 is 5.97 Å². The van der Waals surface area contributed by atoms with Crippen molar-refractivity contribution in [3.8, 4) is 0 Å². The second kappa shape index (κ2) is 5.21. The zero-order valence-corrected chi connectivity index (χ0v) is 14.6. The predicted molar refractivity (Wildman–Crippen MR) is 88.9 cm³/mol. The fourth-order valence-corrected chi connectivity index (χ4v) is 7.64. The number of fused-ring (bicyclic) bond motifs is 5. The second-order valence-corrected chi connectivity index (χ2v) is 9.60. The fraction of sp³-hybridized carbons (Fsp3) is 0.950. The molecule has 0 aromatic heterocycles. The maximum Gasteiger partial charge on any atom is 0.307 e. The highest BCUT2D eigenvalue weighted by Crippen LogP contribution is 2.67. The van der Waals surface area contributed by atoms with Crippen LogP contribution in [0.1, 0.15) is 71.6 Å². The van der Waals surface area contributed by atoms with Gasteiger partial charge in [0.25, 0.3) is 0 Å². The highest BCUT2D eigenvalue weighted by molar-refractivity contribution is 5.71. The molecule has 0 aromatic carbocycles. The normalized spacial score (nSPS) is 55.6. The Morgan fingerprint density at radius 3 is 2.35 bits per heavy atom. The third-order valence-corrected chi connectivity index (χ3v) is 8.94. The zero-order chi connectivity index (χ0) is 16.4. The summed E-state index contributed by atoms with van der Waals surface area (Å²) in [7, 11) is 0. The topological polar surface area (TPSA) is 57.5 Å². The summed E-state index contributed by atoms with van der Waals surface area (Å²) < 4.78 is 0. The van der Waals surface area contributed by atoms with Crippen LogP contribution in [0.5, 0.6) is 0 Å². The lowest BCUT2D eigenvalue weighted by atomic mass is 9.44. The third kappa shape index (κ3) is 2.14. The van der Waals surface area contributed by atoms with E-state index in [4.69, 9.17) is 0 Å². The molecular weight excluding hydrogens is 288 g/mol. The lowest BCUT2D eigenvalue weighted by Gasteiger charge is -2.60. The number of aliphatic carboxylic acids is 1. The molecule has 0 amide bonds. The van der Waals surface area contributed by atoms with Crippen LogP contribution in [0.2, 0.25) is 0 Å². The second-order valence-electron chi connectivity index (χ2n) is 9.60. The predicted octanol–water partition coefficient (Wildman–Crippen LogP) is 4.09. The van der Waals surface area contributed by atoms with Gasteiger partial charge in [-0.25, -0.2) is 0 Å². The van der Waals surface area contributed by atoms with E-state index < -0.39 is 5.97 Å². The first-order chi connectivity index (χ1) is 10.9. The van der Waals surface area contributed by atoms with Crippen LogP contribution < -0.4 is 0 Å². The molecule has 0 bridgehead atoms. The summed E-state index contributed by atoms with van der Waals surface area (Å²) in [4.78, 5) is 11.7. The molecule has 23 heavy (non-hydrogen) atoms. The summed E-state index contributed by atoms with van der Waals surface area (Å²) in [5.41, 5.74) is 0.426. The Labute approximate surface area is 139 Å². The van der Waals surface area contributed by atoms with E-state index in [-0.39, 0.29) is 17.4 Å². The molecule has 0 aliphatic heterocycles. The number of carbonyl (C=O) groups is 1. The smallest absolute Gasteiger partial charge is 0.307 e. The molecule has 0 radical (unpaired) electrons. The van der Waals surface area contributed by atoms with Gasteiger partial charge in [0, 0.05) is 0 Å². The summed E-state index contributed by atoms with van der Waals surface area (Å²) in [5.74, 6) is 2.12. The van der Waals surface area contributed by atoms with Crippen LogP contribution in [0.3, 0.4) is 0 Å². The minimum Gasteiger partial charge on any atom is -0.481 e. The number of aliphatic hydroxyl groups excluding tert-OH is 1. The number of hydrogen-bond donors (Lipinski definition) is 2. The lowest BCUT2D eigenvalue weighted by molar-refractivity contribution is -0.154. The van der Waals surface area contributed by atoms with Gasteiger partial charge in [-0.05, 0) is 92.3 Å². The molecule has 4 aliphatic carbocycles. The van der Waals surface area contributed by atoms with Gasteiger partial charge in [0.15, 0.2) is 0 Å². The first kappa shape index (κ1) is 15.9. The van der Waals surface area contributed by atoms with Gasteiger partial charge in [-0.1, -0.05) is 13.8 Å². The quantitative estimate of drug-likeness (QED) is 0.765. The van der Waals surface area contributed by atoms with E-state index in [2.05, 4.69) is 13.8 Å².